The second kappa shape index (κ2) is 9.83. The minimum Gasteiger partial charge on any atom is -0.467 e. The molecule has 0 spiro atoms. The number of halogens is 1. The predicted octanol–water partition coefficient (Wildman–Crippen LogP) is 2.76. The fourth-order valence-electron chi connectivity index (χ4n) is 2.90. The number of nitrogens with zero attached hydrogens (tertiary/aromatic N) is 1. The molecule has 2 rings (SSSR count). The summed E-state index contributed by atoms with van der Waals surface area (Å²) in [5, 5.41) is 3.21. The van der Waals surface area contributed by atoms with Crippen molar-refractivity contribution in [3.63, 3.8) is 0 Å². The number of hydrogen-bond acceptors (Lipinski definition) is 5. The topological polar surface area (TPSA) is 75.7 Å². The normalized spacial score (nSPS) is 17.9. The van der Waals surface area contributed by atoms with E-state index in [1.54, 1.807) is 11.8 Å². The molecule has 1 N–H and O–H groups in total. The van der Waals surface area contributed by atoms with Crippen LogP contribution in [0.2, 0.25) is 5.02 Å². The van der Waals surface area contributed by atoms with E-state index in [1.165, 1.54) is 14.0 Å². The molecule has 8 heteroatoms. The van der Waals surface area contributed by atoms with Gasteiger partial charge in [-0.05, 0) is 37.0 Å². The zero-order valence-electron chi connectivity index (χ0n) is 14.9. The van der Waals surface area contributed by atoms with Gasteiger partial charge >= 0.3 is 5.97 Å². The van der Waals surface area contributed by atoms with Crippen molar-refractivity contribution in [3.05, 3.63) is 34.9 Å². The van der Waals surface area contributed by atoms with E-state index in [0.717, 1.165) is 12.0 Å². The molecule has 0 saturated carbocycles. The molecular weight excluding hydrogens is 376 g/mol. The molecule has 1 aliphatic heterocycles. The molecule has 0 radical (unpaired) electrons. The van der Waals surface area contributed by atoms with Crippen molar-refractivity contribution in [2.45, 2.75) is 37.6 Å². The van der Waals surface area contributed by atoms with Crippen LogP contribution in [0.5, 0.6) is 0 Å². The summed E-state index contributed by atoms with van der Waals surface area (Å²) in [5.41, 5.74) is 1.01. The van der Waals surface area contributed by atoms with Gasteiger partial charge in [-0.15, -0.1) is 11.8 Å². The van der Waals surface area contributed by atoms with Gasteiger partial charge in [-0.3, -0.25) is 9.59 Å². The Labute approximate surface area is 162 Å². The highest BCUT2D eigenvalue weighted by atomic mass is 35.5. The highest BCUT2D eigenvalue weighted by Crippen LogP contribution is 2.39. The molecule has 1 fully saturated rings. The molecule has 1 aromatic carbocycles. The summed E-state index contributed by atoms with van der Waals surface area (Å²) in [5.74, 6) is -0.169. The Hall–Kier alpha value is -1.73. The fourth-order valence-corrected chi connectivity index (χ4v) is 4.31. The quantitative estimate of drug-likeness (QED) is 0.538. The molecule has 142 valence electrons. The average Bonchev–Trinajstić information content (AvgIpc) is 2.97. The summed E-state index contributed by atoms with van der Waals surface area (Å²) in [7, 11) is 1.30. The van der Waals surface area contributed by atoms with Gasteiger partial charge in [-0.2, -0.15) is 0 Å². The largest absolute Gasteiger partial charge is 0.467 e. The minimum absolute atomic E-state index is 0.0343. The lowest BCUT2D eigenvalue weighted by atomic mass is 10.1. The van der Waals surface area contributed by atoms with Crippen molar-refractivity contribution in [1.82, 2.24) is 10.2 Å². The number of nitrogens with one attached hydrogen (secondary N) is 1. The standard InChI is InChI=1S/C18H23ClN2O4S/c1-12(22)20-15(18(24)25-2)8-3-4-9-21-16(23)11-26-17(21)13-6-5-7-14(19)10-13/h5-7,10,15,17H,3-4,8-9,11H2,1-2H3,(H,20,22). The van der Waals surface area contributed by atoms with E-state index in [1.807, 2.05) is 29.2 Å². The van der Waals surface area contributed by atoms with Gasteiger partial charge in [0.1, 0.15) is 11.4 Å². The number of esters is 1. The third-order valence-electron chi connectivity index (χ3n) is 4.11. The Morgan fingerprint density at radius 2 is 2.19 bits per heavy atom. The Kier molecular flexibility index (Phi) is 7.78. The molecule has 1 aromatic rings. The van der Waals surface area contributed by atoms with Crippen LogP contribution in [0.1, 0.15) is 37.1 Å². The van der Waals surface area contributed by atoms with E-state index in [9.17, 15) is 14.4 Å². The third kappa shape index (κ3) is 5.64. The summed E-state index contributed by atoms with van der Waals surface area (Å²) in [6, 6.07) is 6.90. The first kappa shape index (κ1) is 20.6. The summed E-state index contributed by atoms with van der Waals surface area (Å²) >= 11 is 7.65. The van der Waals surface area contributed by atoms with E-state index in [4.69, 9.17) is 16.3 Å². The Bertz CT molecular complexity index is 670. The molecule has 1 saturated heterocycles. The number of methoxy groups -OCH3 is 1. The van der Waals surface area contributed by atoms with Crippen molar-refractivity contribution in [1.29, 1.82) is 0 Å². The van der Waals surface area contributed by atoms with Crippen molar-refractivity contribution in [2.75, 3.05) is 19.4 Å². The number of carbonyl (C=O) groups excluding carboxylic acids is 3. The molecule has 2 atom stereocenters. The molecule has 26 heavy (non-hydrogen) atoms. The summed E-state index contributed by atoms with van der Waals surface area (Å²) in [6.07, 6.45) is 1.90. The van der Waals surface area contributed by atoms with Crippen molar-refractivity contribution in [3.8, 4) is 0 Å². The van der Waals surface area contributed by atoms with Crippen molar-refractivity contribution in [2.24, 2.45) is 0 Å². The molecule has 0 aromatic heterocycles. The zero-order chi connectivity index (χ0) is 19.1. The van der Waals surface area contributed by atoms with Gasteiger partial charge < -0.3 is 15.0 Å². The summed E-state index contributed by atoms with van der Waals surface area (Å²) in [6.45, 7) is 1.96. The van der Waals surface area contributed by atoms with Crippen LogP contribution >= 0.6 is 23.4 Å². The molecule has 0 aliphatic carbocycles. The van der Waals surface area contributed by atoms with E-state index in [2.05, 4.69) is 5.32 Å². The number of benzene rings is 1. The summed E-state index contributed by atoms with van der Waals surface area (Å²) < 4.78 is 4.71. The van der Waals surface area contributed by atoms with E-state index in [0.29, 0.717) is 30.2 Å². The van der Waals surface area contributed by atoms with Crippen LogP contribution in [-0.2, 0) is 19.1 Å². The van der Waals surface area contributed by atoms with Crippen LogP contribution in [0.25, 0.3) is 0 Å². The van der Waals surface area contributed by atoms with E-state index < -0.39 is 12.0 Å². The number of amides is 2. The van der Waals surface area contributed by atoms with Gasteiger partial charge in [0.25, 0.3) is 0 Å². The second-order valence-corrected chi connectivity index (χ2v) is 7.58. The monoisotopic (exact) mass is 398 g/mol. The number of thioether (sulfide) groups is 1. The number of hydrogen-bond donors (Lipinski definition) is 1. The Balaban J connectivity index is 1.89. The highest BCUT2D eigenvalue weighted by molar-refractivity contribution is 8.00. The van der Waals surface area contributed by atoms with Gasteiger partial charge in [0.2, 0.25) is 11.8 Å². The first-order chi connectivity index (χ1) is 12.4. The van der Waals surface area contributed by atoms with Gasteiger partial charge in [-0.1, -0.05) is 23.7 Å². The van der Waals surface area contributed by atoms with Crippen LogP contribution in [0, 0.1) is 0 Å². The maximum atomic E-state index is 12.2. The van der Waals surface area contributed by atoms with Crippen LogP contribution < -0.4 is 5.32 Å². The van der Waals surface area contributed by atoms with E-state index in [-0.39, 0.29) is 17.2 Å². The first-order valence-electron chi connectivity index (χ1n) is 8.44. The molecule has 1 aliphatic rings. The molecule has 2 unspecified atom stereocenters. The lowest BCUT2D eigenvalue weighted by Crippen LogP contribution is -2.40. The molecule has 0 bridgehead atoms. The van der Waals surface area contributed by atoms with Gasteiger partial charge in [0.05, 0.1) is 12.9 Å². The lowest BCUT2D eigenvalue weighted by molar-refractivity contribution is -0.145. The smallest absolute Gasteiger partial charge is 0.328 e. The van der Waals surface area contributed by atoms with Crippen LogP contribution in [0.15, 0.2) is 24.3 Å². The molecule has 1 heterocycles. The highest BCUT2D eigenvalue weighted by Gasteiger charge is 2.32. The fraction of sp³-hybridized carbons (Fsp3) is 0.500. The molecule has 2 amide bonds. The number of rotatable bonds is 8. The molecular formula is C18H23ClN2O4S. The first-order valence-corrected chi connectivity index (χ1v) is 9.86. The zero-order valence-corrected chi connectivity index (χ0v) is 16.4. The second-order valence-electron chi connectivity index (χ2n) is 6.08. The third-order valence-corrected chi connectivity index (χ3v) is 5.60. The Morgan fingerprint density at radius 1 is 1.42 bits per heavy atom. The number of carbonyl (C=O) groups is 3. The van der Waals surface area contributed by atoms with Crippen LogP contribution in [-0.4, -0.2) is 48.1 Å². The Morgan fingerprint density at radius 3 is 2.85 bits per heavy atom. The van der Waals surface area contributed by atoms with Gasteiger partial charge in [-0.25, -0.2) is 4.79 Å². The van der Waals surface area contributed by atoms with Gasteiger partial charge in [0.15, 0.2) is 0 Å². The number of unbranched alkanes of at least 4 members (excludes halogenated alkanes) is 1. The average molecular weight is 399 g/mol. The van der Waals surface area contributed by atoms with Crippen LogP contribution in [0.3, 0.4) is 0 Å². The number of ether oxygens (including phenoxy) is 1. The van der Waals surface area contributed by atoms with E-state index >= 15 is 0 Å². The SMILES string of the molecule is COC(=O)C(CCCCN1C(=O)CSC1c1cccc(Cl)c1)NC(C)=O. The summed E-state index contributed by atoms with van der Waals surface area (Å²) in [4.78, 5) is 37.0. The minimum atomic E-state index is -0.648. The lowest BCUT2D eigenvalue weighted by Gasteiger charge is -2.24. The molecule has 6 nitrogen and oxygen atoms in total. The maximum absolute atomic E-state index is 12.2. The predicted molar refractivity (Wildman–Crippen MR) is 102 cm³/mol. The van der Waals surface area contributed by atoms with Crippen molar-refractivity contribution < 1.29 is 19.1 Å². The van der Waals surface area contributed by atoms with Gasteiger partial charge in [0, 0.05) is 18.5 Å². The van der Waals surface area contributed by atoms with Crippen molar-refractivity contribution >= 4 is 41.1 Å². The van der Waals surface area contributed by atoms with Crippen LogP contribution in [0.4, 0.5) is 0 Å². The maximum Gasteiger partial charge on any atom is 0.328 e.